The average molecular weight is 312 g/mol. The molecule has 0 aliphatic carbocycles. The Labute approximate surface area is 121 Å². The van der Waals surface area contributed by atoms with Crippen LogP contribution in [0.5, 0.6) is 0 Å². The molecule has 1 heterocycles. The number of benzene rings is 2. The van der Waals surface area contributed by atoms with E-state index in [4.69, 9.17) is 0 Å². The molecule has 0 fully saturated rings. The van der Waals surface area contributed by atoms with Crippen molar-refractivity contribution in [3.63, 3.8) is 0 Å². The third kappa shape index (κ3) is 2.36. The third-order valence-electron chi connectivity index (χ3n) is 3.23. The Hall–Kier alpha value is -1.80. The lowest BCUT2D eigenvalue weighted by molar-refractivity contribution is 1.02. The molecule has 0 unspecified atom stereocenters. The van der Waals surface area contributed by atoms with Crippen molar-refractivity contribution in [2.24, 2.45) is 0 Å². The van der Waals surface area contributed by atoms with Crippen LogP contribution in [0.25, 0.3) is 16.9 Å². The quantitative estimate of drug-likeness (QED) is 0.612. The van der Waals surface area contributed by atoms with Gasteiger partial charge in [-0.3, -0.25) is 0 Å². The van der Waals surface area contributed by atoms with Gasteiger partial charge in [-0.15, -0.1) is 0 Å². The molecular weight excluding hydrogens is 298 g/mol. The highest BCUT2D eigenvalue weighted by atomic mass is 79.9. The molecule has 0 bridgehead atoms. The zero-order valence-corrected chi connectivity index (χ0v) is 12.3. The van der Waals surface area contributed by atoms with Gasteiger partial charge in [0, 0.05) is 15.9 Å². The van der Waals surface area contributed by atoms with Gasteiger partial charge in [-0.2, -0.15) is 0 Å². The highest BCUT2D eigenvalue weighted by Gasteiger charge is 2.08. The van der Waals surface area contributed by atoms with Crippen molar-refractivity contribution in [1.29, 1.82) is 0 Å². The largest absolute Gasteiger partial charge is 0.314 e. The Balaban J connectivity index is 2.16. The molecule has 2 heteroatoms. The highest BCUT2D eigenvalue weighted by Crippen LogP contribution is 2.27. The number of halogens is 1. The summed E-state index contributed by atoms with van der Waals surface area (Å²) in [5.41, 5.74) is 4.88. The predicted molar refractivity (Wildman–Crippen MR) is 83.6 cm³/mol. The number of rotatable bonds is 2. The Kier molecular flexibility index (Phi) is 3.26. The first kappa shape index (κ1) is 12.2. The molecule has 3 aromatic rings. The van der Waals surface area contributed by atoms with E-state index in [9.17, 15) is 0 Å². The van der Waals surface area contributed by atoms with Gasteiger partial charge in [-0.1, -0.05) is 46.3 Å². The average Bonchev–Trinajstić information content (AvgIpc) is 2.82. The summed E-state index contributed by atoms with van der Waals surface area (Å²) < 4.78 is 3.38. The molecule has 0 saturated heterocycles. The zero-order valence-electron chi connectivity index (χ0n) is 10.7. The second kappa shape index (κ2) is 5.06. The Morgan fingerprint density at radius 1 is 0.789 bits per heavy atom. The summed E-state index contributed by atoms with van der Waals surface area (Å²) in [7, 11) is 0. The second-order valence-corrected chi connectivity index (χ2v) is 5.45. The van der Waals surface area contributed by atoms with Crippen LogP contribution in [0.3, 0.4) is 0 Å². The monoisotopic (exact) mass is 311 g/mol. The van der Waals surface area contributed by atoms with Crippen LogP contribution in [0.15, 0.2) is 71.2 Å². The third-order valence-corrected chi connectivity index (χ3v) is 3.76. The van der Waals surface area contributed by atoms with Crippen molar-refractivity contribution >= 4 is 15.9 Å². The lowest BCUT2D eigenvalue weighted by Crippen LogP contribution is -1.98. The van der Waals surface area contributed by atoms with Gasteiger partial charge in [0.25, 0.3) is 0 Å². The van der Waals surface area contributed by atoms with Gasteiger partial charge in [0.05, 0.1) is 5.69 Å². The van der Waals surface area contributed by atoms with Crippen LogP contribution < -0.4 is 0 Å². The molecule has 3 rings (SSSR count). The maximum atomic E-state index is 3.48. The van der Waals surface area contributed by atoms with Crippen LogP contribution in [-0.4, -0.2) is 4.57 Å². The van der Waals surface area contributed by atoms with Crippen molar-refractivity contribution < 1.29 is 0 Å². The standard InChI is InChI=1S/C17H14BrN/c1-13-7-12-17(14-8-10-15(18)11-9-14)19(13)16-5-3-2-4-6-16/h2-12H,1H3. The molecule has 1 nitrogen and oxygen atoms in total. The molecule has 0 radical (unpaired) electrons. The topological polar surface area (TPSA) is 4.93 Å². The summed E-state index contributed by atoms with van der Waals surface area (Å²) in [4.78, 5) is 0. The number of aromatic nitrogens is 1. The SMILES string of the molecule is Cc1ccc(-c2ccc(Br)cc2)n1-c1ccccc1. The van der Waals surface area contributed by atoms with Gasteiger partial charge in [-0.05, 0) is 48.9 Å². The molecular formula is C17H14BrN. The second-order valence-electron chi connectivity index (χ2n) is 4.54. The fourth-order valence-corrected chi connectivity index (χ4v) is 2.57. The van der Waals surface area contributed by atoms with E-state index in [1.807, 2.05) is 6.07 Å². The summed E-state index contributed by atoms with van der Waals surface area (Å²) in [5.74, 6) is 0. The number of para-hydroxylation sites is 1. The van der Waals surface area contributed by atoms with E-state index in [0.717, 1.165) is 4.47 Å². The van der Waals surface area contributed by atoms with Gasteiger partial charge < -0.3 is 4.57 Å². The molecule has 94 valence electrons. The zero-order chi connectivity index (χ0) is 13.2. The van der Waals surface area contributed by atoms with Gasteiger partial charge >= 0.3 is 0 Å². The van der Waals surface area contributed by atoms with Crippen molar-refractivity contribution in [3.05, 3.63) is 76.9 Å². The van der Waals surface area contributed by atoms with Crippen LogP contribution >= 0.6 is 15.9 Å². The van der Waals surface area contributed by atoms with E-state index < -0.39 is 0 Å². The first-order chi connectivity index (χ1) is 9.25. The van der Waals surface area contributed by atoms with E-state index in [2.05, 4.69) is 88.1 Å². The van der Waals surface area contributed by atoms with Gasteiger partial charge in [0.2, 0.25) is 0 Å². The van der Waals surface area contributed by atoms with Crippen molar-refractivity contribution in [1.82, 2.24) is 4.57 Å². The maximum Gasteiger partial charge on any atom is 0.0531 e. The lowest BCUT2D eigenvalue weighted by Gasteiger charge is -2.12. The van der Waals surface area contributed by atoms with Crippen LogP contribution in [0.2, 0.25) is 0 Å². The fraction of sp³-hybridized carbons (Fsp3) is 0.0588. The number of hydrogen-bond acceptors (Lipinski definition) is 0. The first-order valence-corrected chi connectivity index (χ1v) is 7.05. The van der Waals surface area contributed by atoms with E-state index in [1.54, 1.807) is 0 Å². The highest BCUT2D eigenvalue weighted by molar-refractivity contribution is 9.10. The molecule has 0 spiro atoms. The van der Waals surface area contributed by atoms with Gasteiger partial charge in [0.1, 0.15) is 0 Å². The van der Waals surface area contributed by atoms with E-state index in [-0.39, 0.29) is 0 Å². The Morgan fingerprint density at radius 2 is 1.47 bits per heavy atom. The molecule has 0 saturated carbocycles. The predicted octanol–water partition coefficient (Wildman–Crippen LogP) is 5.22. The summed E-state index contributed by atoms with van der Waals surface area (Å²) in [5, 5.41) is 0. The fourth-order valence-electron chi connectivity index (χ4n) is 2.30. The van der Waals surface area contributed by atoms with Crippen LogP contribution in [0.4, 0.5) is 0 Å². The molecule has 19 heavy (non-hydrogen) atoms. The minimum atomic E-state index is 1.10. The minimum Gasteiger partial charge on any atom is -0.314 e. The van der Waals surface area contributed by atoms with Crippen molar-refractivity contribution in [2.45, 2.75) is 6.92 Å². The smallest absolute Gasteiger partial charge is 0.0531 e. The van der Waals surface area contributed by atoms with Crippen LogP contribution in [0, 0.1) is 6.92 Å². The summed E-state index contributed by atoms with van der Waals surface area (Å²) in [6.45, 7) is 2.13. The number of aryl methyl sites for hydroxylation is 1. The number of nitrogens with zero attached hydrogens (tertiary/aromatic N) is 1. The molecule has 0 aliphatic rings. The van der Waals surface area contributed by atoms with Crippen LogP contribution in [-0.2, 0) is 0 Å². The molecule has 0 amide bonds. The van der Waals surface area contributed by atoms with Gasteiger partial charge in [0.15, 0.2) is 0 Å². The van der Waals surface area contributed by atoms with Crippen LogP contribution in [0.1, 0.15) is 5.69 Å². The lowest BCUT2D eigenvalue weighted by atomic mass is 10.1. The van der Waals surface area contributed by atoms with E-state index in [0.29, 0.717) is 0 Å². The Morgan fingerprint density at radius 3 is 2.16 bits per heavy atom. The summed E-state index contributed by atoms with van der Waals surface area (Å²) >= 11 is 3.48. The minimum absolute atomic E-state index is 1.10. The van der Waals surface area contributed by atoms with E-state index >= 15 is 0 Å². The number of hydrogen-bond donors (Lipinski definition) is 0. The van der Waals surface area contributed by atoms with Gasteiger partial charge in [-0.25, -0.2) is 0 Å². The summed E-state index contributed by atoms with van der Waals surface area (Å²) in [6, 6.07) is 23.2. The molecule has 0 N–H and O–H groups in total. The van der Waals surface area contributed by atoms with Crippen molar-refractivity contribution in [2.75, 3.05) is 0 Å². The normalized spacial score (nSPS) is 10.6. The van der Waals surface area contributed by atoms with Crippen molar-refractivity contribution in [3.8, 4) is 16.9 Å². The molecule has 2 aromatic carbocycles. The molecule has 0 aliphatic heterocycles. The molecule has 1 aromatic heterocycles. The first-order valence-electron chi connectivity index (χ1n) is 6.25. The molecule has 0 atom stereocenters. The van der Waals surface area contributed by atoms with E-state index in [1.165, 1.54) is 22.6 Å². The maximum absolute atomic E-state index is 3.48. The Bertz CT molecular complexity index is 681. The summed E-state index contributed by atoms with van der Waals surface area (Å²) in [6.07, 6.45) is 0.